The van der Waals surface area contributed by atoms with Gasteiger partial charge in [0.15, 0.2) is 5.13 Å². The molecule has 3 rings (SSSR count). The van der Waals surface area contributed by atoms with Crippen LogP contribution in [0.2, 0.25) is 0 Å². The van der Waals surface area contributed by atoms with Crippen molar-refractivity contribution in [3.05, 3.63) is 82.4 Å². The summed E-state index contributed by atoms with van der Waals surface area (Å²) in [4.78, 5) is 28.2. The maximum Gasteiger partial charge on any atom is 0.271 e. The van der Waals surface area contributed by atoms with E-state index in [4.69, 9.17) is 0 Å². The molecule has 26 heavy (non-hydrogen) atoms. The molecule has 8 heteroatoms. The van der Waals surface area contributed by atoms with Gasteiger partial charge in [0.2, 0.25) is 0 Å². The Bertz CT molecular complexity index is 924. The first-order valence-electron chi connectivity index (χ1n) is 7.57. The summed E-state index contributed by atoms with van der Waals surface area (Å²) in [7, 11) is 0. The summed E-state index contributed by atoms with van der Waals surface area (Å²) in [5.41, 5.74) is 0.285. The van der Waals surface area contributed by atoms with Gasteiger partial charge < -0.3 is 5.32 Å². The van der Waals surface area contributed by atoms with E-state index < -0.39 is 17.5 Å². The summed E-state index contributed by atoms with van der Waals surface area (Å²) >= 11 is 1.08. The maximum absolute atomic E-state index is 13.6. The molecule has 2 aromatic carbocycles. The minimum absolute atomic E-state index is 0.0510. The molecular formula is C18H13F2N3O2S. The number of halogens is 2. The van der Waals surface area contributed by atoms with Crippen molar-refractivity contribution < 1.29 is 18.4 Å². The largest absolute Gasteiger partial charge is 0.346 e. The van der Waals surface area contributed by atoms with E-state index in [-0.39, 0.29) is 28.8 Å². The van der Waals surface area contributed by atoms with Crippen molar-refractivity contribution in [2.45, 2.75) is 6.54 Å². The Morgan fingerprint density at radius 3 is 2.35 bits per heavy atom. The smallest absolute Gasteiger partial charge is 0.271 e. The molecule has 0 saturated heterocycles. The number of amides is 2. The monoisotopic (exact) mass is 373 g/mol. The fourth-order valence-corrected chi connectivity index (χ4v) is 2.84. The Morgan fingerprint density at radius 2 is 1.65 bits per heavy atom. The number of nitrogens with zero attached hydrogens (tertiary/aromatic N) is 1. The molecule has 2 N–H and O–H groups in total. The van der Waals surface area contributed by atoms with Gasteiger partial charge in [0.1, 0.15) is 17.3 Å². The first kappa shape index (κ1) is 17.7. The van der Waals surface area contributed by atoms with Crippen molar-refractivity contribution in [2.75, 3.05) is 5.32 Å². The maximum atomic E-state index is 13.6. The molecule has 1 heterocycles. The fourth-order valence-electron chi connectivity index (χ4n) is 2.15. The van der Waals surface area contributed by atoms with E-state index in [1.807, 2.05) is 0 Å². The second kappa shape index (κ2) is 7.83. The second-order valence-corrected chi connectivity index (χ2v) is 6.10. The minimum atomic E-state index is -0.737. The van der Waals surface area contributed by atoms with Crippen molar-refractivity contribution in [3.63, 3.8) is 0 Å². The average molecular weight is 373 g/mol. The van der Waals surface area contributed by atoms with Crippen LogP contribution in [0.3, 0.4) is 0 Å². The van der Waals surface area contributed by atoms with Gasteiger partial charge in [-0.2, -0.15) is 0 Å². The summed E-state index contributed by atoms with van der Waals surface area (Å²) in [5, 5.41) is 6.70. The molecule has 0 bridgehead atoms. The van der Waals surface area contributed by atoms with Gasteiger partial charge in [-0.3, -0.25) is 14.9 Å². The SMILES string of the molecule is O=C(Nc1nc(C(=O)NCc2c(F)cccc2F)cs1)c1ccccc1. The zero-order valence-electron chi connectivity index (χ0n) is 13.3. The predicted octanol–water partition coefficient (Wildman–Crippen LogP) is 3.60. The molecule has 0 radical (unpaired) electrons. The van der Waals surface area contributed by atoms with Crippen LogP contribution in [0.1, 0.15) is 26.4 Å². The summed E-state index contributed by atoms with van der Waals surface area (Å²) in [6, 6.07) is 12.0. The lowest BCUT2D eigenvalue weighted by molar-refractivity contribution is 0.0944. The third-order valence-electron chi connectivity index (χ3n) is 3.48. The molecule has 0 unspecified atom stereocenters. The van der Waals surface area contributed by atoms with Crippen LogP contribution in [0.15, 0.2) is 53.9 Å². The number of aromatic nitrogens is 1. The van der Waals surface area contributed by atoms with Gasteiger partial charge >= 0.3 is 0 Å². The molecule has 0 saturated carbocycles. The molecule has 132 valence electrons. The third-order valence-corrected chi connectivity index (χ3v) is 4.24. The minimum Gasteiger partial charge on any atom is -0.346 e. The van der Waals surface area contributed by atoms with Gasteiger partial charge in [0.25, 0.3) is 11.8 Å². The van der Waals surface area contributed by atoms with E-state index >= 15 is 0 Å². The highest BCUT2D eigenvalue weighted by Gasteiger charge is 2.15. The van der Waals surface area contributed by atoms with Crippen LogP contribution in [0, 0.1) is 11.6 Å². The Morgan fingerprint density at radius 1 is 0.962 bits per heavy atom. The van der Waals surface area contributed by atoms with E-state index in [0.29, 0.717) is 5.56 Å². The lowest BCUT2D eigenvalue weighted by Crippen LogP contribution is -2.24. The number of anilines is 1. The summed E-state index contributed by atoms with van der Waals surface area (Å²) in [6.07, 6.45) is 0. The van der Waals surface area contributed by atoms with Gasteiger partial charge in [-0.05, 0) is 24.3 Å². The first-order valence-corrected chi connectivity index (χ1v) is 8.45. The van der Waals surface area contributed by atoms with Gasteiger partial charge in [0.05, 0.1) is 0 Å². The molecule has 2 amide bonds. The van der Waals surface area contributed by atoms with Gasteiger partial charge in [-0.15, -0.1) is 11.3 Å². The van der Waals surface area contributed by atoms with Crippen LogP contribution in [0.25, 0.3) is 0 Å². The molecule has 5 nitrogen and oxygen atoms in total. The zero-order chi connectivity index (χ0) is 18.5. The lowest BCUT2D eigenvalue weighted by atomic mass is 10.2. The number of carbonyl (C=O) groups is 2. The molecule has 0 fully saturated rings. The van der Waals surface area contributed by atoms with E-state index in [0.717, 1.165) is 23.5 Å². The molecule has 0 atom stereocenters. The van der Waals surface area contributed by atoms with Gasteiger partial charge in [-0.25, -0.2) is 13.8 Å². The molecule has 0 aliphatic carbocycles. The van der Waals surface area contributed by atoms with Crippen LogP contribution < -0.4 is 10.6 Å². The Kier molecular flexibility index (Phi) is 5.33. The van der Waals surface area contributed by atoms with E-state index in [1.165, 1.54) is 11.4 Å². The summed E-state index contributed by atoms with van der Waals surface area (Å²) < 4.78 is 27.1. The van der Waals surface area contributed by atoms with E-state index in [2.05, 4.69) is 15.6 Å². The van der Waals surface area contributed by atoms with Crippen LogP contribution in [-0.4, -0.2) is 16.8 Å². The number of carbonyl (C=O) groups excluding carboxylic acids is 2. The Hall–Kier alpha value is -3.13. The van der Waals surface area contributed by atoms with Crippen molar-refractivity contribution in [3.8, 4) is 0 Å². The standard InChI is InChI=1S/C18H13F2N3O2S/c19-13-7-4-8-14(20)12(13)9-21-17(25)15-10-26-18(22-15)23-16(24)11-5-2-1-3-6-11/h1-8,10H,9H2,(H,21,25)(H,22,23,24). The Labute approximate surface area is 151 Å². The second-order valence-electron chi connectivity index (χ2n) is 5.24. The number of hydrogen-bond acceptors (Lipinski definition) is 4. The molecule has 3 aromatic rings. The predicted molar refractivity (Wildman–Crippen MR) is 94.0 cm³/mol. The highest BCUT2D eigenvalue weighted by molar-refractivity contribution is 7.14. The molecular weight excluding hydrogens is 360 g/mol. The van der Waals surface area contributed by atoms with Crippen LogP contribution in [0.4, 0.5) is 13.9 Å². The first-order chi connectivity index (χ1) is 12.5. The number of hydrogen-bond donors (Lipinski definition) is 2. The van der Waals surface area contributed by atoms with Crippen LogP contribution >= 0.6 is 11.3 Å². The van der Waals surface area contributed by atoms with Gasteiger partial charge in [0, 0.05) is 23.1 Å². The Balaban J connectivity index is 1.62. The zero-order valence-corrected chi connectivity index (χ0v) is 14.1. The molecule has 1 aromatic heterocycles. The molecule has 0 aliphatic rings. The summed E-state index contributed by atoms with van der Waals surface area (Å²) in [6.45, 7) is -0.305. The lowest BCUT2D eigenvalue weighted by Gasteiger charge is -2.06. The quantitative estimate of drug-likeness (QED) is 0.718. The van der Waals surface area contributed by atoms with Crippen LogP contribution in [-0.2, 0) is 6.54 Å². The average Bonchev–Trinajstić information content (AvgIpc) is 3.10. The van der Waals surface area contributed by atoms with Crippen molar-refractivity contribution in [1.82, 2.24) is 10.3 Å². The van der Waals surface area contributed by atoms with E-state index in [1.54, 1.807) is 30.3 Å². The highest BCUT2D eigenvalue weighted by Crippen LogP contribution is 2.17. The van der Waals surface area contributed by atoms with Crippen molar-refractivity contribution >= 4 is 28.3 Å². The number of thiazole rings is 1. The number of nitrogens with one attached hydrogen (secondary N) is 2. The highest BCUT2D eigenvalue weighted by atomic mass is 32.1. The number of benzene rings is 2. The summed E-state index contributed by atoms with van der Waals surface area (Å²) in [5.74, 6) is -2.41. The molecule has 0 spiro atoms. The molecule has 0 aliphatic heterocycles. The third kappa shape index (κ3) is 4.09. The van der Waals surface area contributed by atoms with E-state index in [9.17, 15) is 18.4 Å². The topological polar surface area (TPSA) is 71.1 Å². The number of rotatable bonds is 5. The van der Waals surface area contributed by atoms with Crippen molar-refractivity contribution in [1.29, 1.82) is 0 Å². The normalized spacial score (nSPS) is 10.4. The van der Waals surface area contributed by atoms with Crippen LogP contribution in [0.5, 0.6) is 0 Å². The fraction of sp³-hybridized carbons (Fsp3) is 0.0556. The van der Waals surface area contributed by atoms with Crippen molar-refractivity contribution in [2.24, 2.45) is 0 Å². The van der Waals surface area contributed by atoms with Gasteiger partial charge in [-0.1, -0.05) is 24.3 Å².